The number of hydrogen-bond acceptors (Lipinski definition) is 5. The van der Waals surface area contributed by atoms with Crippen molar-refractivity contribution >= 4 is 5.96 Å². The van der Waals surface area contributed by atoms with Crippen molar-refractivity contribution in [1.29, 1.82) is 0 Å². The number of nitrogens with one attached hydrogen (secondary N) is 3. The van der Waals surface area contributed by atoms with Crippen LogP contribution in [-0.4, -0.2) is 41.0 Å². The molecule has 0 fully saturated rings. The van der Waals surface area contributed by atoms with Crippen LogP contribution in [0.4, 0.5) is 0 Å². The minimum atomic E-state index is 0.298. The van der Waals surface area contributed by atoms with Crippen molar-refractivity contribution in [1.82, 2.24) is 25.8 Å². The molecule has 0 saturated carbocycles. The summed E-state index contributed by atoms with van der Waals surface area (Å²) in [5.74, 6) is 3.17. The molecule has 0 radical (unpaired) electrons. The van der Waals surface area contributed by atoms with E-state index in [1.54, 1.807) is 0 Å². The lowest BCUT2D eigenvalue weighted by molar-refractivity contribution is 0.174. The van der Waals surface area contributed by atoms with Gasteiger partial charge in [0.25, 0.3) is 0 Å². The van der Waals surface area contributed by atoms with Crippen LogP contribution in [0.15, 0.2) is 53.8 Å². The minimum Gasteiger partial charge on any atom is -0.454 e. The maximum Gasteiger partial charge on any atom is 0.231 e. The van der Waals surface area contributed by atoms with E-state index in [4.69, 9.17) is 14.5 Å². The lowest BCUT2D eigenvalue weighted by Crippen LogP contribution is -2.38. The normalized spacial score (nSPS) is 12.8. The topological polar surface area (TPSA) is 96.5 Å². The zero-order valence-electron chi connectivity index (χ0n) is 16.3. The third-order valence-electron chi connectivity index (χ3n) is 4.52. The van der Waals surface area contributed by atoms with Gasteiger partial charge in [0, 0.05) is 18.7 Å². The van der Waals surface area contributed by atoms with Crippen LogP contribution < -0.4 is 20.1 Å². The summed E-state index contributed by atoms with van der Waals surface area (Å²) in [7, 11) is 0. The van der Waals surface area contributed by atoms with Gasteiger partial charge in [-0.1, -0.05) is 24.3 Å². The molecular formula is C21H24N6O2. The molecule has 8 heteroatoms. The molecule has 2 aromatic carbocycles. The molecule has 29 heavy (non-hydrogen) atoms. The number of nitrogens with zero attached hydrogens (tertiary/aromatic N) is 3. The molecule has 1 aliphatic heterocycles. The van der Waals surface area contributed by atoms with Gasteiger partial charge in [0.15, 0.2) is 23.3 Å². The minimum absolute atomic E-state index is 0.298. The third-order valence-corrected chi connectivity index (χ3v) is 4.52. The van der Waals surface area contributed by atoms with Crippen molar-refractivity contribution in [3.8, 4) is 22.9 Å². The van der Waals surface area contributed by atoms with Crippen molar-refractivity contribution in [3.63, 3.8) is 0 Å². The summed E-state index contributed by atoms with van der Waals surface area (Å²) >= 11 is 0. The Bertz CT molecular complexity index is 971. The molecule has 0 bridgehead atoms. The highest BCUT2D eigenvalue weighted by Gasteiger charge is 2.13. The summed E-state index contributed by atoms with van der Waals surface area (Å²) < 4.78 is 10.8. The van der Waals surface area contributed by atoms with Crippen LogP contribution in [0.2, 0.25) is 0 Å². The van der Waals surface area contributed by atoms with Crippen molar-refractivity contribution in [2.45, 2.75) is 19.9 Å². The van der Waals surface area contributed by atoms with Gasteiger partial charge in [0.1, 0.15) is 6.33 Å². The van der Waals surface area contributed by atoms with Crippen LogP contribution in [0, 0.1) is 0 Å². The first-order valence-corrected chi connectivity index (χ1v) is 9.67. The molecule has 0 aliphatic carbocycles. The summed E-state index contributed by atoms with van der Waals surface area (Å²) in [5.41, 5.74) is 3.29. The van der Waals surface area contributed by atoms with Gasteiger partial charge in [0.05, 0.1) is 6.54 Å². The molecule has 3 aromatic rings. The van der Waals surface area contributed by atoms with E-state index in [0.717, 1.165) is 53.9 Å². The monoisotopic (exact) mass is 392 g/mol. The predicted octanol–water partition coefficient (Wildman–Crippen LogP) is 2.50. The van der Waals surface area contributed by atoms with Gasteiger partial charge in [-0.05, 0) is 42.7 Å². The van der Waals surface area contributed by atoms with Crippen molar-refractivity contribution in [2.75, 3.05) is 19.9 Å². The Kier molecular flexibility index (Phi) is 5.89. The quantitative estimate of drug-likeness (QED) is 0.422. The van der Waals surface area contributed by atoms with E-state index < -0.39 is 0 Å². The van der Waals surface area contributed by atoms with Crippen LogP contribution in [-0.2, 0) is 13.0 Å². The van der Waals surface area contributed by atoms with E-state index in [1.165, 1.54) is 11.9 Å². The van der Waals surface area contributed by atoms with Crippen molar-refractivity contribution in [3.05, 3.63) is 59.9 Å². The molecule has 0 spiro atoms. The van der Waals surface area contributed by atoms with E-state index in [1.807, 2.05) is 24.3 Å². The molecule has 1 aromatic heterocycles. The number of aliphatic imine (C=N–C) groups is 1. The predicted molar refractivity (Wildman–Crippen MR) is 111 cm³/mol. The molecule has 0 saturated heterocycles. The van der Waals surface area contributed by atoms with Crippen molar-refractivity contribution < 1.29 is 9.47 Å². The maximum absolute atomic E-state index is 5.44. The van der Waals surface area contributed by atoms with Crippen LogP contribution in [0.3, 0.4) is 0 Å². The Morgan fingerprint density at radius 2 is 2.03 bits per heavy atom. The van der Waals surface area contributed by atoms with Gasteiger partial charge < -0.3 is 20.1 Å². The molecule has 2 heterocycles. The standard InChI is InChI=1S/C21H24N6O2/c1-2-22-21(23-9-8-15-6-7-18-19(11-15)29-14-28-18)24-12-16-4-3-5-17(10-16)20-25-13-26-27-20/h3-7,10-11,13H,2,8-9,12,14H2,1H3,(H2,22,23,24)(H,25,26,27). The Morgan fingerprint density at radius 1 is 1.10 bits per heavy atom. The van der Waals surface area contributed by atoms with E-state index >= 15 is 0 Å². The Morgan fingerprint density at radius 3 is 2.90 bits per heavy atom. The highest BCUT2D eigenvalue weighted by molar-refractivity contribution is 5.79. The van der Waals surface area contributed by atoms with Gasteiger partial charge in [-0.25, -0.2) is 9.98 Å². The average molecular weight is 392 g/mol. The van der Waals surface area contributed by atoms with Gasteiger partial charge in [-0.3, -0.25) is 5.10 Å². The van der Waals surface area contributed by atoms with Gasteiger partial charge in [-0.15, -0.1) is 0 Å². The zero-order valence-corrected chi connectivity index (χ0v) is 16.3. The molecule has 0 unspecified atom stereocenters. The first-order valence-electron chi connectivity index (χ1n) is 9.67. The SMILES string of the molecule is CCNC(=NCc1cccc(-c2ncn[nH]2)c1)NCCc1ccc2c(c1)OCO2. The summed E-state index contributed by atoms with van der Waals surface area (Å²) in [6.07, 6.45) is 2.37. The molecule has 4 rings (SSSR count). The first kappa shape index (κ1) is 18.8. The molecule has 8 nitrogen and oxygen atoms in total. The van der Waals surface area contributed by atoms with Crippen LogP contribution in [0.1, 0.15) is 18.1 Å². The second-order valence-corrected chi connectivity index (χ2v) is 6.59. The fraction of sp³-hybridized carbons (Fsp3) is 0.286. The van der Waals surface area contributed by atoms with E-state index in [9.17, 15) is 0 Å². The zero-order chi connectivity index (χ0) is 19.9. The van der Waals surface area contributed by atoms with Crippen LogP contribution >= 0.6 is 0 Å². The third kappa shape index (κ3) is 4.84. The van der Waals surface area contributed by atoms with E-state index in [0.29, 0.717) is 13.3 Å². The summed E-state index contributed by atoms with van der Waals surface area (Å²) in [6, 6.07) is 14.2. The van der Waals surface area contributed by atoms with Gasteiger partial charge >= 0.3 is 0 Å². The lowest BCUT2D eigenvalue weighted by Gasteiger charge is -2.12. The molecular weight excluding hydrogens is 368 g/mol. The number of rotatable bonds is 7. The smallest absolute Gasteiger partial charge is 0.231 e. The molecule has 150 valence electrons. The Balaban J connectivity index is 1.35. The first-order chi connectivity index (χ1) is 14.3. The number of aromatic amines is 1. The number of guanidine groups is 1. The van der Waals surface area contributed by atoms with Crippen molar-refractivity contribution in [2.24, 2.45) is 4.99 Å². The second kappa shape index (κ2) is 9.09. The highest BCUT2D eigenvalue weighted by atomic mass is 16.7. The summed E-state index contributed by atoms with van der Waals surface area (Å²) in [5, 5.41) is 13.5. The number of fused-ring (bicyclic) bond motifs is 1. The fourth-order valence-corrected chi connectivity index (χ4v) is 3.10. The number of hydrogen-bond donors (Lipinski definition) is 3. The maximum atomic E-state index is 5.44. The number of H-pyrrole nitrogens is 1. The van der Waals surface area contributed by atoms with E-state index in [2.05, 4.69) is 50.9 Å². The number of aromatic nitrogens is 3. The summed E-state index contributed by atoms with van der Waals surface area (Å²) in [4.78, 5) is 8.90. The lowest BCUT2D eigenvalue weighted by atomic mass is 10.1. The van der Waals surface area contributed by atoms with Gasteiger partial charge in [-0.2, -0.15) is 5.10 Å². The second-order valence-electron chi connectivity index (χ2n) is 6.59. The molecule has 3 N–H and O–H groups in total. The molecule has 1 aliphatic rings. The van der Waals surface area contributed by atoms with Crippen LogP contribution in [0.25, 0.3) is 11.4 Å². The molecule has 0 atom stereocenters. The molecule has 0 amide bonds. The van der Waals surface area contributed by atoms with E-state index in [-0.39, 0.29) is 0 Å². The van der Waals surface area contributed by atoms with Gasteiger partial charge in [0.2, 0.25) is 6.79 Å². The Labute approximate surface area is 169 Å². The Hall–Kier alpha value is -3.55. The number of ether oxygens (including phenoxy) is 2. The highest BCUT2D eigenvalue weighted by Crippen LogP contribution is 2.32. The number of benzene rings is 2. The largest absolute Gasteiger partial charge is 0.454 e. The van der Waals surface area contributed by atoms with Crippen LogP contribution in [0.5, 0.6) is 11.5 Å². The average Bonchev–Trinajstić information content (AvgIpc) is 3.44. The summed E-state index contributed by atoms with van der Waals surface area (Å²) in [6.45, 7) is 4.49. The fourth-order valence-electron chi connectivity index (χ4n) is 3.10.